The van der Waals surface area contributed by atoms with Crippen LogP contribution in [0, 0.1) is 0 Å². The van der Waals surface area contributed by atoms with Crippen LogP contribution in [0.4, 0.5) is 0 Å². The van der Waals surface area contributed by atoms with Crippen LogP contribution in [0.3, 0.4) is 0 Å². The van der Waals surface area contributed by atoms with Crippen molar-refractivity contribution in [2.75, 3.05) is 14.2 Å². The molecule has 0 aliphatic rings. The molecule has 0 saturated heterocycles. The number of hydrogen-bond acceptors (Lipinski definition) is 3. The van der Waals surface area contributed by atoms with E-state index in [1.165, 1.54) is 0 Å². The Morgan fingerprint density at radius 2 is 1.88 bits per heavy atom. The van der Waals surface area contributed by atoms with Crippen molar-refractivity contribution in [2.45, 2.75) is 25.8 Å². The van der Waals surface area contributed by atoms with Gasteiger partial charge >= 0.3 is 0 Å². The summed E-state index contributed by atoms with van der Waals surface area (Å²) in [6.45, 7) is 3.92. The van der Waals surface area contributed by atoms with E-state index < -0.39 is 0 Å². The molecule has 1 aromatic carbocycles. The summed E-state index contributed by atoms with van der Waals surface area (Å²) >= 11 is 6.10. The van der Waals surface area contributed by atoms with Crippen LogP contribution in [0.5, 0.6) is 11.5 Å². The van der Waals surface area contributed by atoms with Crippen LogP contribution in [0.15, 0.2) is 12.1 Å². The van der Waals surface area contributed by atoms with E-state index in [0.29, 0.717) is 22.9 Å². The molecular weight excluding hydrogens is 226 g/mol. The van der Waals surface area contributed by atoms with Gasteiger partial charge in [0.15, 0.2) is 0 Å². The molecule has 1 aromatic rings. The molecular formula is C12H18ClNO2. The number of ether oxygens (including phenoxy) is 2. The lowest BCUT2D eigenvalue weighted by Crippen LogP contribution is -2.34. The fourth-order valence-electron chi connectivity index (χ4n) is 1.59. The molecule has 0 aliphatic heterocycles. The molecule has 0 amide bonds. The Labute approximate surface area is 101 Å². The summed E-state index contributed by atoms with van der Waals surface area (Å²) in [5.41, 5.74) is 6.63. The number of nitrogens with two attached hydrogens (primary N) is 1. The number of hydrogen-bond donors (Lipinski definition) is 1. The second kappa shape index (κ2) is 4.93. The van der Waals surface area contributed by atoms with Gasteiger partial charge in [-0.25, -0.2) is 0 Å². The van der Waals surface area contributed by atoms with Crippen LogP contribution in [-0.4, -0.2) is 19.8 Å². The summed E-state index contributed by atoms with van der Waals surface area (Å²) in [4.78, 5) is 0. The van der Waals surface area contributed by atoms with Crippen LogP contribution in [0.1, 0.15) is 19.4 Å². The predicted molar refractivity (Wildman–Crippen MR) is 66.5 cm³/mol. The minimum Gasteiger partial charge on any atom is -0.497 e. The highest BCUT2D eigenvalue weighted by atomic mass is 35.5. The van der Waals surface area contributed by atoms with Crippen molar-refractivity contribution in [1.82, 2.24) is 0 Å². The summed E-state index contributed by atoms with van der Waals surface area (Å²) in [7, 11) is 3.20. The first-order valence-corrected chi connectivity index (χ1v) is 5.44. The zero-order chi connectivity index (χ0) is 12.3. The first kappa shape index (κ1) is 13.1. The summed E-state index contributed by atoms with van der Waals surface area (Å²) < 4.78 is 10.4. The van der Waals surface area contributed by atoms with E-state index in [1.807, 2.05) is 19.9 Å². The van der Waals surface area contributed by atoms with Gasteiger partial charge in [-0.05, 0) is 26.3 Å². The van der Waals surface area contributed by atoms with Gasteiger partial charge in [-0.1, -0.05) is 11.6 Å². The SMILES string of the molecule is COc1cc(Cl)c(OC)c(CC(C)(C)N)c1. The van der Waals surface area contributed by atoms with Crippen LogP contribution >= 0.6 is 11.6 Å². The molecule has 0 saturated carbocycles. The third-order valence-corrected chi connectivity index (χ3v) is 2.46. The van der Waals surface area contributed by atoms with Gasteiger partial charge in [0, 0.05) is 17.2 Å². The third kappa shape index (κ3) is 3.29. The molecule has 0 aromatic heterocycles. The van der Waals surface area contributed by atoms with Crippen LogP contribution in [0.25, 0.3) is 0 Å². The van der Waals surface area contributed by atoms with Crippen molar-refractivity contribution in [3.63, 3.8) is 0 Å². The summed E-state index contributed by atoms with van der Waals surface area (Å²) in [6, 6.07) is 3.63. The monoisotopic (exact) mass is 243 g/mol. The molecule has 90 valence electrons. The third-order valence-electron chi connectivity index (χ3n) is 2.18. The average molecular weight is 244 g/mol. The quantitative estimate of drug-likeness (QED) is 0.884. The molecule has 3 nitrogen and oxygen atoms in total. The molecule has 0 heterocycles. The van der Waals surface area contributed by atoms with Crippen molar-refractivity contribution in [2.24, 2.45) is 5.73 Å². The number of benzene rings is 1. The van der Waals surface area contributed by atoms with E-state index in [9.17, 15) is 0 Å². The van der Waals surface area contributed by atoms with Crippen molar-refractivity contribution in [3.05, 3.63) is 22.7 Å². The van der Waals surface area contributed by atoms with E-state index in [-0.39, 0.29) is 5.54 Å². The van der Waals surface area contributed by atoms with Crippen molar-refractivity contribution in [3.8, 4) is 11.5 Å². The zero-order valence-corrected chi connectivity index (χ0v) is 10.9. The average Bonchev–Trinajstić information content (AvgIpc) is 2.14. The lowest BCUT2D eigenvalue weighted by molar-refractivity contribution is 0.393. The van der Waals surface area contributed by atoms with Crippen LogP contribution in [-0.2, 0) is 6.42 Å². The molecule has 16 heavy (non-hydrogen) atoms. The Kier molecular flexibility index (Phi) is 4.05. The fraction of sp³-hybridized carbons (Fsp3) is 0.500. The van der Waals surface area contributed by atoms with E-state index in [1.54, 1.807) is 20.3 Å². The molecule has 4 heteroatoms. The van der Waals surface area contributed by atoms with Crippen molar-refractivity contribution >= 4 is 11.6 Å². The van der Waals surface area contributed by atoms with Crippen LogP contribution < -0.4 is 15.2 Å². The number of rotatable bonds is 4. The van der Waals surface area contributed by atoms with Gasteiger partial charge in [-0.15, -0.1) is 0 Å². The Hall–Kier alpha value is -0.930. The van der Waals surface area contributed by atoms with Crippen molar-refractivity contribution < 1.29 is 9.47 Å². The molecule has 1 rings (SSSR count). The zero-order valence-electron chi connectivity index (χ0n) is 10.1. The normalized spacial score (nSPS) is 11.4. The first-order chi connectivity index (χ1) is 7.37. The van der Waals surface area contributed by atoms with E-state index in [2.05, 4.69) is 0 Å². The Bertz CT molecular complexity index is 372. The summed E-state index contributed by atoms with van der Waals surface area (Å²) in [6.07, 6.45) is 0.674. The van der Waals surface area contributed by atoms with Crippen molar-refractivity contribution in [1.29, 1.82) is 0 Å². The van der Waals surface area contributed by atoms with Gasteiger partial charge in [0.1, 0.15) is 11.5 Å². The highest BCUT2D eigenvalue weighted by Crippen LogP contribution is 2.34. The molecule has 0 spiro atoms. The highest BCUT2D eigenvalue weighted by Gasteiger charge is 2.18. The Morgan fingerprint density at radius 3 is 2.31 bits per heavy atom. The van der Waals surface area contributed by atoms with Crippen LogP contribution in [0.2, 0.25) is 5.02 Å². The summed E-state index contributed by atoms with van der Waals surface area (Å²) in [5, 5.41) is 0.543. The Balaban J connectivity index is 3.18. The molecule has 2 N–H and O–H groups in total. The van der Waals surface area contributed by atoms with E-state index in [4.69, 9.17) is 26.8 Å². The maximum Gasteiger partial charge on any atom is 0.140 e. The summed E-state index contributed by atoms with van der Waals surface area (Å²) in [5.74, 6) is 1.38. The lowest BCUT2D eigenvalue weighted by Gasteiger charge is -2.21. The topological polar surface area (TPSA) is 44.5 Å². The van der Waals surface area contributed by atoms with Gasteiger partial charge < -0.3 is 15.2 Å². The predicted octanol–water partition coefficient (Wildman–Crippen LogP) is 2.64. The maximum atomic E-state index is 6.10. The van der Waals surface area contributed by atoms with Gasteiger partial charge in [0.2, 0.25) is 0 Å². The second-order valence-electron chi connectivity index (χ2n) is 4.47. The highest BCUT2D eigenvalue weighted by molar-refractivity contribution is 6.32. The molecule has 0 unspecified atom stereocenters. The minimum absolute atomic E-state index is 0.316. The van der Waals surface area contributed by atoms with E-state index >= 15 is 0 Å². The maximum absolute atomic E-state index is 6.10. The van der Waals surface area contributed by atoms with Gasteiger partial charge in [-0.3, -0.25) is 0 Å². The largest absolute Gasteiger partial charge is 0.497 e. The molecule has 0 atom stereocenters. The molecule has 0 bridgehead atoms. The number of methoxy groups -OCH3 is 2. The Morgan fingerprint density at radius 1 is 1.25 bits per heavy atom. The van der Waals surface area contributed by atoms with Gasteiger partial charge in [0.25, 0.3) is 0 Å². The van der Waals surface area contributed by atoms with Gasteiger partial charge in [0.05, 0.1) is 19.2 Å². The molecule has 0 radical (unpaired) electrons. The lowest BCUT2D eigenvalue weighted by atomic mass is 9.95. The number of halogens is 1. The van der Waals surface area contributed by atoms with E-state index in [0.717, 1.165) is 5.56 Å². The molecule has 0 fully saturated rings. The first-order valence-electron chi connectivity index (χ1n) is 5.06. The molecule has 0 aliphatic carbocycles. The smallest absolute Gasteiger partial charge is 0.140 e. The fourth-order valence-corrected chi connectivity index (χ4v) is 1.90. The van der Waals surface area contributed by atoms with Gasteiger partial charge in [-0.2, -0.15) is 0 Å². The second-order valence-corrected chi connectivity index (χ2v) is 4.87. The minimum atomic E-state index is -0.316. The standard InChI is InChI=1S/C12H18ClNO2/c1-12(2,14)7-8-5-9(15-3)6-10(13)11(8)16-4/h5-6H,7,14H2,1-4H3.